The second kappa shape index (κ2) is 8.82. The molecule has 0 fully saturated rings. The van der Waals surface area contributed by atoms with E-state index in [0.717, 1.165) is 22.3 Å². The SMILES string of the molecule is CC(C)(C)c1ccc(CC(F)(F)Cc2ccc(C(C)(C)C)cc2C(C)(C)C)c(C(C)(C)C)c1. The quantitative estimate of drug-likeness (QED) is 0.430. The number of alkyl halides is 2. The summed E-state index contributed by atoms with van der Waals surface area (Å²) in [4.78, 5) is 0. The molecule has 0 heterocycles. The normalized spacial score (nSPS) is 14.0. The van der Waals surface area contributed by atoms with Gasteiger partial charge >= 0.3 is 0 Å². The van der Waals surface area contributed by atoms with E-state index in [1.54, 1.807) is 0 Å². The van der Waals surface area contributed by atoms with Gasteiger partial charge in [-0.15, -0.1) is 0 Å². The average molecular weight is 457 g/mol. The van der Waals surface area contributed by atoms with Gasteiger partial charge in [0.25, 0.3) is 5.92 Å². The van der Waals surface area contributed by atoms with Gasteiger partial charge in [0, 0.05) is 12.8 Å². The van der Waals surface area contributed by atoms with Crippen LogP contribution in [0, 0.1) is 0 Å². The maximum atomic E-state index is 15.6. The van der Waals surface area contributed by atoms with Gasteiger partial charge in [-0.1, -0.05) is 119 Å². The predicted octanol–water partition coefficient (Wildman–Crippen LogP) is 9.30. The zero-order valence-electron chi connectivity index (χ0n) is 23.1. The van der Waals surface area contributed by atoms with Crippen molar-refractivity contribution < 1.29 is 8.78 Å². The molecular formula is C31H46F2. The summed E-state index contributed by atoms with van der Waals surface area (Å²) in [7, 11) is 0. The lowest BCUT2D eigenvalue weighted by Crippen LogP contribution is -2.28. The number of hydrogen-bond donors (Lipinski definition) is 0. The van der Waals surface area contributed by atoms with Crippen molar-refractivity contribution in [3.63, 3.8) is 0 Å². The second-order valence-electron chi connectivity index (χ2n) is 14.0. The molecule has 2 aromatic rings. The van der Waals surface area contributed by atoms with E-state index in [-0.39, 0.29) is 34.5 Å². The van der Waals surface area contributed by atoms with Crippen LogP contribution in [0.15, 0.2) is 36.4 Å². The Labute approximate surface area is 202 Å². The largest absolute Gasteiger partial charge is 0.256 e. The first-order valence-corrected chi connectivity index (χ1v) is 12.3. The molecular weight excluding hydrogens is 410 g/mol. The fourth-order valence-electron chi connectivity index (χ4n) is 4.41. The summed E-state index contributed by atoms with van der Waals surface area (Å²) in [5.74, 6) is -2.83. The highest BCUT2D eigenvalue weighted by Crippen LogP contribution is 2.38. The standard InChI is InChI=1S/C31H46F2/c1-27(2,3)23-15-13-21(25(17-23)29(7,8)9)19-31(32,33)20-22-14-16-24(28(4,5)6)18-26(22)30(10,11)12/h13-18H,19-20H2,1-12H3. The average Bonchev–Trinajstić information content (AvgIpc) is 2.57. The van der Waals surface area contributed by atoms with Crippen LogP contribution in [0.25, 0.3) is 0 Å². The minimum absolute atomic E-state index is 0.0164. The van der Waals surface area contributed by atoms with Crippen molar-refractivity contribution in [3.8, 4) is 0 Å². The Hall–Kier alpha value is -1.70. The van der Waals surface area contributed by atoms with Crippen molar-refractivity contribution in [2.45, 2.75) is 124 Å². The van der Waals surface area contributed by atoms with Crippen LogP contribution in [0.3, 0.4) is 0 Å². The highest BCUT2D eigenvalue weighted by Gasteiger charge is 2.35. The first kappa shape index (κ1) is 27.5. The zero-order valence-corrected chi connectivity index (χ0v) is 23.1. The van der Waals surface area contributed by atoms with E-state index in [4.69, 9.17) is 0 Å². The molecule has 0 aromatic heterocycles. The van der Waals surface area contributed by atoms with Crippen molar-refractivity contribution in [1.29, 1.82) is 0 Å². The summed E-state index contributed by atoms with van der Waals surface area (Å²) in [5, 5.41) is 0. The first-order chi connectivity index (χ1) is 14.6. The molecule has 33 heavy (non-hydrogen) atoms. The van der Waals surface area contributed by atoms with Crippen LogP contribution < -0.4 is 0 Å². The minimum atomic E-state index is -2.83. The molecule has 0 aliphatic heterocycles. The molecule has 0 bridgehead atoms. The smallest absolute Gasteiger partial charge is 0.206 e. The van der Waals surface area contributed by atoms with E-state index in [0.29, 0.717) is 0 Å². The molecule has 184 valence electrons. The summed E-state index contributed by atoms with van der Waals surface area (Å²) < 4.78 is 31.2. The van der Waals surface area contributed by atoms with Crippen molar-refractivity contribution in [2.75, 3.05) is 0 Å². The topological polar surface area (TPSA) is 0 Å². The van der Waals surface area contributed by atoms with Crippen LogP contribution in [0.5, 0.6) is 0 Å². The lowest BCUT2D eigenvalue weighted by Gasteiger charge is -2.30. The lowest BCUT2D eigenvalue weighted by molar-refractivity contribution is 0.00145. The highest BCUT2D eigenvalue weighted by atomic mass is 19.3. The maximum absolute atomic E-state index is 15.6. The summed E-state index contributed by atoms with van der Waals surface area (Å²) in [6.07, 6.45) is -0.483. The summed E-state index contributed by atoms with van der Waals surface area (Å²) in [5.41, 5.74) is 5.50. The Kier molecular flexibility index (Phi) is 7.36. The van der Waals surface area contributed by atoms with Gasteiger partial charge in [-0.25, -0.2) is 8.78 Å². The lowest BCUT2D eigenvalue weighted by atomic mass is 9.76. The third-order valence-corrected chi connectivity index (χ3v) is 6.47. The zero-order chi connectivity index (χ0) is 25.6. The van der Waals surface area contributed by atoms with Gasteiger partial charge in [-0.05, 0) is 55.0 Å². The van der Waals surface area contributed by atoms with Gasteiger partial charge in [-0.3, -0.25) is 0 Å². The molecule has 0 spiro atoms. The van der Waals surface area contributed by atoms with Crippen molar-refractivity contribution in [2.24, 2.45) is 0 Å². The molecule has 0 saturated heterocycles. The Morgan fingerprint density at radius 2 is 0.788 bits per heavy atom. The number of rotatable bonds is 4. The maximum Gasteiger partial charge on any atom is 0.256 e. The van der Waals surface area contributed by atoms with Gasteiger partial charge in [0.2, 0.25) is 0 Å². The molecule has 0 amide bonds. The van der Waals surface area contributed by atoms with Crippen LogP contribution in [0.1, 0.15) is 116 Å². The van der Waals surface area contributed by atoms with E-state index in [1.165, 1.54) is 11.1 Å². The summed E-state index contributed by atoms with van der Waals surface area (Å²) in [6.45, 7) is 25.7. The first-order valence-electron chi connectivity index (χ1n) is 12.3. The molecule has 0 atom stereocenters. The predicted molar refractivity (Wildman–Crippen MR) is 140 cm³/mol. The Balaban J connectivity index is 2.47. The Bertz CT molecular complexity index is 888. The molecule has 0 saturated carbocycles. The van der Waals surface area contributed by atoms with Crippen molar-refractivity contribution in [3.05, 3.63) is 69.8 Å². The van der Waals surface area contributed by atoms with Crippen LogP contribution >= 0.6 is 0 Å². The van der Waals surface area contributed by atoms with Crippen molar-refractivity contribution >= 4 is 0 Å². The molecule has 2 heteroatoms. The van der Waals surface area contributed by atoms with Crippen molar-refractivity contribution in [1.82, 2.24) is 0 Å². The van der Waals surface area contributed by atoms with E-state index >= 15 is 8.78 Å². The van der Waals surface area contributed by atoms with Crippen LogP contribution in [0.2, 0.25) is 0 Å². The number of halogens is 2. The van der Waals surface area contributed by atoms with Crippen LogP contribution in [-0.4, -0.2) is 5.92 Å². The van der Waals surface area contributed by atoms with E-state index < -0.39 is 5.92 Å². The third-order valence-electron chi connectivity index (χ3n) is 6.47. The molecule has 0 unspecified atom stereocenters. The van der Waals surface area contributed by atoms with Gasteiger partial charge in [0.15, 0.2) is 0 Å². The van der Waals surface area contributed by atoms with E-state index in [1.807, 2.05) is 24.3 Å². The molecule has 0 aliphatic carbocycles. The molecule has 0 aliphatic rings. The summed E-state index contributed by atoms with van der Waals surface area (Å²) in [6, 6.07) is 12.2. The minimum Gasteiger partial charge on any atom is -0.206 e. The fourth-order valence-corrected chi connectivity index (χ4v) is 4.41. The molecule has 2 aromatic carbocycles. The molecule has 0 N–H and O–H groups in total. The van der Waals surface area contributed by atoms with E-state index in [2.05, 4.69) is 95.2 Å². The van der Waals surface area contributed by atoms with E-state index in [9.17, 15) is 0 Å². The van der Waals surface area contributed by atoms with Gasteiger partial charge < -0.3 is 0 Å². The monoisotopic (exact) mass is 456 g/mol. The highest BCUT2D eigenvalue weighted by molar-refractivity contribution is 5.42. The molecule has 2 rings (SSSR count). The summed E-state index contributed by atoms with van der Waals surface area (Å²) >= 11 is 0. The van der Waals surface area contributed by atoms with Crippen LogP contribution in [-0.2, 0) is 34.5 Å². The van der Waals surface area contributed by atoms with Crippen LogP contribution in [0.4, 0.5) is 8.78 Å². The third kappa shape index (κ3) is 7.14. The Morgan fingerprint density at radius 1 is 0.485 bits per heavy atom. The number of benzene rings is 2. The Morgan fingerprint density at radius 3 is 1.03 bits per heavy atom. The second-order valence-corrected chi connectivity index (χ2v) is 14.0. The number of hydrogen-bond acceptors (Lipinski definition) is 0. The van der Waals surface area contributed by atoms with Gasteiger partial charge in [0.1, 0.15) is 0 Å². The fraction of sp³-hybridized carbons (Fsp3) is 0.613. The van der Waals surface area contributed by atoms with Gasteiger partial charge in [-0.2, -0.15) is 0 Å². The molecule has 0 nitrogen and oxygen atoms in total. The molecule has 0 radical (unpaired) electrons. The van der Waals surface area contributed by atoms with Gasteiger partial charge in [0.05, 0.1) is 0 Å².